The number of carbonyl (C=O) groups is 2. The van der Waals surface area contributed by atoms with Gasteiger partial charge in [-0.05, 0) is 34.7 Å². The van der Waals surface area contributed by atoms with Gasteiger partial charge in [0.25, 0.3) is 0 Å². The second-order valence-corrected chi connectivity index (χ2v) is 10.1. The Kier molecular flexibility index (Phi) is 10.3. The van der Waals surface area contributed by atoms with Gasteiger partial charge in [0.2, 0.25) is 11.8 Å². The van der Waals surface area contributed by atoms with Gasteiger partial charge in [-0.2, -0.15) is 0 Å². The molecule has 5 heteroatoms. The van der Waals surface area contributed by atoms with E-state index in [0.717, 1.165) is 28.7 Å². The van der Waals surface area contributed by atoms with Crippen molar-refractivity contribution in [3.8, 4) is 0 Å². The molecule has 1 atom stereocenters. The van der Waals surface area contributed by atoms with Crippen LogP contribution >= 0.6 is 11.6 Å². The maximum atomic E-state index is 14.3. The van der Waals surface area contributed by atoms with E-state index in [1.165, 1.54) is 0 Å². The van der Waals surface area contributed by atoms with E-state index in [0.29, 0.717) is 18.0 Å². The molecule has 0 aliphatic rings. The highest BCUT2D eigenvalue weighted by Gasteiger charge is 2.32. The summed E-state index contributed by atoms with van der Waals surface area (Å²) in [6.07, 6.45) is 1.45. The molecule has 0 aromatic heterocycles. The van der Waals surface area contributed by atoms with Crippen LogP contribution in [0, 0.1) is 0 Å². The summed E-state index contributed by atoms with van der Waals surface area (Å²) in [6.45, 7) is 2.81. The van der Waals surface area contributed by atoms with Crippen molar-refractivity contribution in [1.29, 1.82) is 0 Å². The summed E-state index contributed by atoms with van der Waals surface area (Å²) in [5.74, 6) is -0.401. The monoisotopic (exact) mass is 538 g/mol. The highest BCUT2D eigenvalue weighted by Crippen LogP contribution is 2.30. The third-order valence-electron chi connectivity index (χ3n) is 6.90. The van der Waals surface area contributed by atoms with Crippen molar-refractivity contribution in [3.05, 3.63) is 143 Å². The molecule has 0 aliphatic carbocycles. The van der Waals surface area contributed by atoms with Crippen molar-refractivity contribution in [2.45, 2.75) is 44.7 Å². The molecule has 0 aliphatic heterocycles. The zero-order valence-corrected chi connectivity index (χ0v) is 23.1. The zero-order chi connectivity index (χ0) is 27.5. The summed E-state index contributed by atoms with van der Waals surface area (Å²) in [5.41, 5.74) is 3.92. The Balaban J connectivity index is 1.73. The van der Waals surface area contributed by atoms with Gasteiger partial charge >= 0.3 is 0 Å². The number of halogens is 1. The van der Waals surface area contributed by atoms with Crippen molar-refractivity contribution >= 4 is 23.4 Å². The zero-order valence-electron chi connectivity index (χ0n) is 22.3. The highest BCUT2D eigenvalue weighted by molar-refractivity contribution is 6.31. The van der Waals surface area contributed by atoms with Gasteiger partial charge in [0.15, 0.2) is 0 Å². The van der Waals surface area contributed by atoms with E-state index in [1.54, 1.807) is 4.90 Å². The molecule has 0 spiro atoms. The Labute approximate surface area is 236 Å². The molecule has 0 saturated carbocycles. The first kappa shape index (κ1) is 28.1. The molecule has 2 amide bonds. The lowest BCUT2D eigenvalue weighted by Crippen LogP contribution is -2.51. The van der Waals surface area contributed by atoms with Crippen molar-refractivity contribution in [2.75, 3.05) is 6.54 Å². The summed E-state index contributed by atoms with van der Waals surface area (Å²) in [6, 6.07) is 36.8. The Morgan fingerprint density at radius 2 is 1.31 bits per heavy atom. The summed E-state index contributed by atoms with van der Waals surface area (Å²) < 4.78 is 0. The number of rotatable bonds is 12. The quantitative estimate of drug-likeness (QED) is 0.210. The lowest BCUT2D eigenvalue weighted by atomic mass is 9.87. The third kappa shape index (κ3) is 7.81. The first-order valence-electron chi connectivity index (χ1n) is 13.5. The molecule has 0 radical (unpaired) electrons. The minimum Gasteiger partial charge on any atom is -0.354 e. The minimum atomic E-state index is -0.685. The molecule has 200 valence electrons. The summed E-state index contributed by atoms with van der Waals surface area (Å²) in [4.78, 5) is 29.7. The molecule has 0 saturated heterocycles. The molecular formula is C34H35ClN2O2. The van der Waals surface area contributed by atoms with Crippen molar-refractivity contribution in [3.63, 3.8) is 0 Å². The fraction of sp³-hybridized carbons (Fsp3) is 0.235. The Morgan fingerprint density at radius 1 is 0.769 bits per heavy atom. The number of carbonyl (C=O) groups excluding carboxylic acids is 2. The Bertz CT molecular complexity index is 1290. The summed E-state index contributed by atoms with van der Waals surface area (Å²) in [5, 5.41) is 3.61. The van der Waals surface area contributed by atoms with E-state index in [2.05, 4.69) is 29.6 Å². The predicted molar refractivity (Wildman–Crippen MR) is 159 cm³/mol. The van der Waals surface area contributed by atoms with Gasteiger partial charge in [0.05, 0.1) is 0 Å². The van der Waals surface area contributed by atoms with Crippen molar-refractivity contribution in [2.24, 2.45) is 0 Å². The molecule has 4 aromatic carbocycles. The molecule has 0 fully saturated rings. The van der Waals surface area contributed by atoms with Crippen LogP contribution in [0.15, 0.2) is 115 Å². The second kappa shape index (κ2) is 14.3. The first-order chi connectivity index (χ1) is 19.1. The van der Waals surface area contributed by atoms with E-state index in [1.807, 2.05) is 97.9 Å². The largest absolute Gasteiger partial charge is 0.354 e. The molecule has 4 aromatic rings. The van der Waals surface area contributed by atoms with Gasteiger partial charge < -0.3 is 10.2 Å². The molecule has 0 unspecified atom stereocenters. The lowest BCUT2D eigenvalue weighted by molar-refractivity contribution is -0.141. The SMILES string of the molecule is CCCNC(=O)[C@H](Cc1ccccc1)N(Cc1ccccc1Cl)C(=O)CC(c1ccccc1)c1ccccc1. The maximum Gasteiger partial charge on any atom is 0.243 e. The van der Waals surface area contributed by atoms with Gasteiger partial charge in [0.1, 0.15) is 6.04 Å². The van der Waals surface area contributed by atoms with E-state index >= 15 is 0 Å². The van der Waals surface area contributed by atoms with Gasteiger partial charge in [-0.1, -0.05) is 128 Å². The fourth-order valence-electron chi connectivity index (χ4n) is 4.82. The van der Waals surface area contributed by atoms with Crippen LogP contribution < -0.4 is 5.32 Å². The van der Waals surface area contributed by atoms with Crippen LogP contribution in [-0.4, -0.2) is 29.3 Å². The van der Waals surface area contributed by atoms with Crippen molar-refractivity contribution < 1.29 is 9.59 Å². The molecule has 39 heavy (non-hydrogen) atoms. The van der Waals surface area contributed by atoms with Gasteiger partial charge in [-0.3, -0.25) is 9.59 Å². The van der Waals surface area contributed by atoms with Crippen LogP contribution in [0.5, 0.6) is 0 Å². The van der Waals surface area contributed by atoms with E-state index in [9.17, 15) is 9.59 Å². The summed E-state index contributed by atoms with van der Waals surface area (Å²) in [7, 11) is 0. The van der Waals surface area contributed by atoms with Crippen molar-refractivity contribution in [1.82, 2.24) is 10.2 Å². The maximum absolute atomic E-state index is 14.3. The number of nitrogens with zero attached hydrogens (tertiary/aromatic N) is 1. The van der Waals surface area contributed by atoms with Gasteiger partial charge in [-0.25, -0.2) is 0 Å². The molecule has 0 heterocycles. The Morgan fingerprint density at radius 3 is 1.87 bits per heavy atom. The number of amides is 2. The number of benzene rings is 4. The minimum absolute atomic E-state index is 0.0970. The standard InChI is InChI=1S/C34H35ClN2O2/c1-2-22-36-34(39)32(23-26-14-6-3-7-15-26)37(25-29-20-12-13-21-31(29)35)33(38)24-30(27-16-8-4-9-17-27)28-18-10-5-11-19-28/h3-21,30,32H,2,22-25H2,1H3,(H,36,39)/t32-/m0/s1. The number of hydrogen-bond donors (Lipinski definition) is 1. The first-order valence-corrected chi connectivity index (χ1v) is 13.9. The lowest BCUT2D eigenvalue weighted by Gasteiger charge is -2.33. The molecule has 4 nitrogen and oxygen atoms in total. The molecule has 4 rings (SSSR count). The second-order valence-electron chi connectivity index (χ2n) is 9.69. The topological polar surface area (TPSA) is 49.4 Å². The third-order valence-corrected chi connectivity index (χ3v) is 7.27. The Hall–Kier alpha value is -3.89. The van der Waals surface area contributed by atoms with Crippen LogP contribution in [-0.2, 0) is 22.6 Å². The number of nitrogens with one attached hydrogen (secondary N) is 1. The van der Waals surface area contributed by atoms with Crippen LogP contribution in [0.25, 0.3) is 0 Å². The predicted octanol–water partition coefficient (Wildman–Crippen LogP) is 7.03. The molecule has 1 N–H and O–H groups in total. The van der Waals surface area contributed by atoms with E-state index < -0.39 is 6.04 Å². The molecular weight excluding hydrogens is 504 g/mol. The highest BCUT2D eigenvalue weighted by atomic mass is 35.5. The van der Waals surface area contributed by atoms with Crippen LogP contribution in [0.3, 0.4) is 0 Å². The summed E-state index contributed by atoms with van der Waals surface area (Å²) >= 11 is 6.56. The van der Waals surface area contributed by atoms with Gasteiger partial charge in [-0.15, -0.1) is 0 Å². The normalized spacial score (nSPS) is 11.7. The average molecular weight is 539 g/mol. The van der Waals surface area contributed by atoms with Gasteiger partial charge in [0, 0.05) is 36.9 Å². The molecule has 0 bridgehead atoms. The smallest absolute Gasteiger partial charge is 0.243 e. The average Bonchev–Trinajstić information content (AvgIpc) is 2.98. The van der Waals surface area contributed by atoms with Crippen LogP contribution in [0.2, 0.25) is 5.02 Å². The van der Waals surface area contributed by atoms with Crippen LogP contribution in [0.1, 0.15) is 47.9 Å². The van der Waals surface area contributed by atoms with Crippen LogP contribution in [0.4, 0.5) is 0 Å². The van der Waals surface area contributed by atoms with E-state index in [4.69, 9.17) is 11.6 Å². The fourth-order valence-corrected chi connectivity index (χ4v) is 5.02. The number of hydrogen-bond acceptors (Lipinski definition) is 2. The van der Waals surface area contributed by atoms with E-state index in [-0.39, 0.29) is 30.7 Å².